The van der Waals surface area contributed by atoms with Gasteiger partial charge >= 0.3 is 5.97 Å². The highest BCUT2D eigenvalue weighted by Crippen LogP contribution is 2.33. The number of ether oxygens (including phenoxy) is 2. The zero-order chi connectivity index (χ0) is 20.4. The lowest BCUT2D eigenvalue weighted by atomic mass is 10.1. The first-order valence-corrected chi connectivity index (χ1v) is 10.5. The molecule has 0 aliphatic carbocycles. The summed E-state index contributed by atoms with van der Waals surface area (Å²) in [4.78, 5) is 41.5. The van der Waals surface area contributed by atoms with Gasteiger partial charge in [0.2, 0.25) is 0 Å². The minimum Gasteiger partial charge on any atom is -0.479 e. The fourth-order valence-electron chi connectivity index (χ4n) is 3.56. The Morgan fingerprint density at radius 1 is 1.28 bits per heavy atom. The van der Waals surface area contributed by atoms with E-state index in [0.29, 0.717) is 24.5 Å². The molecule has 2 aliphatic rings. The Morgan fingerprint density at radius 3 is 2.97 bits per heavy atom. The van der Waals surface area contributed by atoms with Gasteiger partial charge in [0.25, 0.3) is 11.8 Å². The van der Waals surface area contributed by atoms with Crippen molar-refractivity contribution in [1.29, 1.82) is 0 Å². The van der Waals surface area contributed by atoms with Crippen molar-refractivity contribution in [2.75, 3.05) is 24.6 Å². The molecule has 3 heterocycles. The van der Waals surface area contributed by atoms with E-state index in [4.69, 9.17) is 9.47 Å². The summed E-state index contributed by atoms with van der Waals surface area (Å²) in [5, 5.41) is 2.03. The lowest BCUT2D eigenvalue weighted by molar-refractivity contribution is -0.152. The van der Waals surface area contributed by atoms with Crippen LogP contribution in [0, 0.1) is 0 Å². The van der Waals surface area contributed by atoms with Crippen molar-refractivity contribution in [3.8, 4) is 5.75 Å². The molecule has 29 heavy (non-hydrogen) atoms. The van der Waals surface area contributed by atoms with Crippen molar-refractivity contribution in [1.82, 2.24) is 4.90 Å². The maximum atomic E-state index is 12.4. The predicted octanol–water partition coefficient (Wildman–Crippen LogP) is 2.38. The molecule has 8 heteroatoms. The second-order valence-corrected chi connectivity index (χ2v) is 8.06. The number of nitrogens with zero attached hydrogens (tertiary/aromatic N) is 2. The Kier molecular flexibility index (Phi) is 5.53. The van der Waals surface area contributed by atoms with E-state index in [-0.39, 0.29) is 31.4 Å². The Balaban J connectivity index is 1.28. The van der Waals surface area contributed by atoms with Crippen molar-refractivity contribution in [2.24, 2.45) is 0 Å². The number of para-hydroxylation sites is 2. The lowest BCUT2D eigenvalue weighted by Gasteiger charge is -2.32. The van der Waals surface area contributed by atoms with E-state index in [9.17, 15) is 14.4 Å². The average Bonchev–Trinajstić information content (AvgIpc) is 3.20. The van der Waals surface area contributed by atoms with E-state index in [1.165, 1.54) is 15.3 Å². The molecule has 0 saturated carbocycles. The quantitative estimate of drug-likeness (QED) is 0.702. The molecule has 4 rings (SSSR count). The summed E-state index contributed by atoms with van der Waals surface area (Å²) in [6.45, 7) is 2.79. The molecule has 1 unspecified atom stereocenters. The molecule has 7 nitrogen and oxygen atoms in total. The molecule has 0 spiro atoms. The van der Waals surface area contributed by atoms with Crippen LogP contribution >= 0.6 is 11.3 Å². The van der Waals surface area contributed by atoms with Crippen molar-refractivity contribution >= 4 is 34.8 Å². The number of hydrogen-bond acceptors (Lipinski definition) is 6. The van der Waals surface area contributed by atoms with E-state index < -0.39 is 12.1 Å². The molecular weight excluding hydrogens is 392 g/mol. The Hall–Kier alpha value is -2.87. The molecule has 152 valence electrons. The van der Waals surface area contributed by atoms with Crippen LogP contribution in [0.3, 0.4) is 0 Å². The number of carbonyl (C=O) groups is 3. The normalized spacial score (nSPS) is 18.0. The molecule has 2 aliphatic heterocycles. The van der Waals surface area contributed by atoms with Crippen molar-refractivity contribution < 1.29 is 23.9 Å². The number of rotatable bonds is 5. The van der Waals surface area contributed by atoms with Crippen LogP contribution in [0.4, 0.5) is 5.69 Å². The summed E-state index contributed by atoms with van der Waals surface area (Å²) < 4.78 is 10.8. The van der Waals surface area contributed by atoms with Gasteiger partial charge < -0.3 is 19.3 Å². The van der Waals surface area contributed by atoms with Gasteiger partial charge in [-0.3, -0.25) is 14.4 Å². The smallest absolute Gasteiger partial charge is 0.308 e. The molecule has 1 aromatic heterocycles. The van der Waals surface area contributed by atoms with Crippen LogP contribution < -0.4 is 9.64 Å². The number of carbonyl (C=O) groups excluding carboxylic acids is 3. The zero-order valence-electron chi connectivity index (χ0n) is 16.1. The fraction of sp³-hybridized carbons (Fsp3) is 0.381. The second kappa shape index (κ2) is 8.24. The molecular formula is C21H22N2O5S. The third kappa shape index (κ3) is 4.12. The number of benzene rings is 1. The van der Waals surface area contributed by atoms with E-state index in [1.807, 2.05) is 23.6 Å². The summed E-state index contributed by atoms with van der Waals surface area (Å²) in [5.41, 5.74) is 1.80. The maximum absolute atomic E-state index is 12.4. The van der Waals surface area contributed by atoms with E-state index in [2.05, 4.69) is 0 Å². The van der Waals surface area contributed by atoms with Crippen LogP contribution in [-0.4, -0.2) is 48.5 Å². The highest BCUT2D eigenvalue weighted by atomic mass is 32.1. The summed E-state index contributed by atoms with van der Waals surface area (Å²) in [6.07, 6.45) is 0.238. The SMILES string of the molecule is CC1Oc2ccccc2N(CCC(=O)OCC(=O)N2CCc3sccc3C2)C1=O. The molecule has 0 radical (unpaired) electrons. The largest absolute Gasteiger partial charge is 0.479 e. The predicted molar refractivity (Wildman–Crippen MR) is 108 cm³/mol. The number of esters is 1. The van der Waals surface area contributed by atoms with Crippen molar-refractivity contribution in [3.63, 3.8) is 0 Å². The molecule has 1 aromatic carbocycles. The molecule has 0 fully saturated rings. The van der Waals surface area contributed by atoms with Crippen LogP contribution in [0.15, 0.2) is 35.7 Å². The fourth-order valence-corrected chi connectivity index (χ4v) is 4.45. The van der Waals surface area contributed by atoms with Gasteiger partial charge in [-0.1, -0.05) is 12.1 Å². The van der Waals surface area contributed by atoms with Gasteiger partial charge in [0.1, 0.15) is 5.75 Å². The highest BCUT2D eigenvalue weighted by Gasteiger charge is 2.31. The first-order chi connectivity index (χ1) is 14.0. The van der Waals surface area contributed by atoms with Gasteiger partial charge in [-0.25, -0.2) is 0 Å². The van der Waals surface area contributed by atoms with Crippen LogP contribution in [0.2, 0.25) is 0 Å². The van der Waals surface area contributed by atoms with Crippen molar-refractivity contribution in [3.05, 3.63) is 46.2 Å². The van der Waals surface area contributed by atoms with Crippen LogP contribution in [0.25, 0.3) is 0 Å². The molecule has 0 saturated heterocycles. The summed E-state index contributed by atoms with van der Waals surface area (Å²) >= 11 is 1.71. The first-order valence-electron chi connectivity index (χ1n) is 9.58. The number of anilines is 1. The standard InChI is InChI=1S/C21H22N2O5S/c1-14-21(26)23(16-4-2-3-5-17(16)28-14)10-7-20(25)27-13-19(24)22-9-6-18-15(12-22)8-11-29-18/h2-5,8,11,14H,6-7,9-10,12-13H2,1H3. The minimum absolute atomic E-state index is 0.00868. The number of fused-ring (bicyclic) bond motifs is 2. The van der Waals surface area contributed by atoms with Gasteiger partial charge in [-0.2, -0.15) is 0 Å². The van der Waals surface area contributed by atoms with Gasteiger partial charge in [0.15, 0.2) is 12.7 Å². The van der Waals surface area contributed by atoms with Gasteiger partial charge in [-0.15, -0.1) is 11.3 Å². The number of thiophene rings is 1. The lowest BCUT2D eigenvalue weighted by Crippen LogP contribution is -2.45. The van der Waals surface area contributed by atoms with Crippen LogP contribution in [0.1, 0.15) is 23.8 Å². The molecule has 2 amide bonds. The van der Waals surface area contributed by atoms with E-state index >= 15 is 0 Å². The maximum Gasteiger partial charge on any atom is 0.308 e. The zero-order valence-corrected chi connectivity index (χ0v) is 16.9. The highest BCUT2D eigenvalue weighted by molar-refractivity contribution is 7.10. The third-order valence-corrected chi connectivity index (χ3v) is 6.15. The second-order valence-electron chi connectivity index (χ2n) is 7.06. The number of hydrogen-bond donors (Lipinski definition) is 0. The van der Waals surface area contributed by atoms with E-state index in [1.54, 1.807) is 35.3 Å². The third-order valence-electron chi connectivity index (χ3n) is 5.13. The molecule has 0 N–H and O–H groups in total. The van der Waals surface area contributed by atoms with Crippen molar-refractivity contribution in [2.45, 2.75) is 32.4 Å². The van der Waals surface area contributed by atoms with Gasteiger partial charge in [0.05, 0.1) is 12.1 Å². The van der Waals surface area contributed by atoms with Crippen LogP contribution in [-0.2, 0) is 32.1 Å². The Labute approximate surface area is 172 Å². The molecule has 2 aromatic rings. The Bertz CT molecular complexity index is 941. The first kappa shape index (κ1) is 19.4. The molecule has 1 atom stereocenters. The molecule has 0 bridgehead atoms. The monoisotopic (exact) mass is 414 g/mol. The topological polar surface area (TPSA) is 76.2 Å². The summed E-state index contributed by atoms with van der Waals surface area (Å²) in [7, 11) is 0. The van der Waals surface area contributed by atoms with Crippen LogP contribution in [0.5, 0.6) is 5.75 Å². The Morgan fingerprint density at radius 2 is 2.10 bits per heavy atom. The summed E-state index contributed by atoms with van der Waals surface area (Å²) in [6, 6.07) is 9.25. The summed E-state index contributed by atoms with van der Waals surface area (Å²) in [5.74, 6) is -0.291. The average molecular weight is 414 g/mol. The minimum atomic E-state index is -0.608. The van der Waals surface area contributed by atoms with Gasteiger partial charge in [0, 0.05) is 24.5 Å². The number of amides is 2. The van der Waals surface area contributed by atoms with Gasteiger partial charge in [-0.05, 0) is 42.5 Å². The van der Waals surface area contributed by atoms with E-state index in [0.717, 1.165) is 6.42 Å².